The van der Waals surface area contributed by atoms with Crippen LogP contribution in [0.4, 0.5) is 5.82 Å². The molecule has 1 aliphatic rings. The van der Waals surface area contributed by atoms with Gasteiger partial charge in [-0.15, -0.1) is 0 Å². The highest BCUT2D eigenvalue weighted by Gasteiger charge is 2.25. The molecule has 7 nitrogen and oxygen atoms in total. The SMILES string of the molecule is CCCCC(=O)N1CCN(c2cc(=O)n(C(C)C)c(=O)n2C(C)C)CC1. The van der Waals surface area contributed by atoms with Gasteiger partial charge in [-0.05, 0) is 34.1 Å². The lowest BCUT2D eigenvalue weighted by Crippen LogP contribution is -2.51. The predicted octanol–water partition coefficient (Wildman–Crippen LogP) is 2.01. The maximum Gasteiger partial charge on any atom is 0.333 e. The number of nitrogens with zero attached hydrogens (tertiary/aromatic N) is 4. The molecule has 7 heteroatoms. The van der Waals surface area contributed by atoms with E-state index in [0.717, 1.165) is 12.8 Å². The van der Waals surface area contributed by atoms with E-state index in [1.54, 1.807) is 10.6 Å². The maximum atomic E-state index is 12.9. The van der Waals surface area contributed by atoms with Crippen LogP contribution < -0.4 is 16.1 Å². The van der Waals surface area contributed by atoms with Crippen molar-refractivity contribution in [2.45, 2.75) is 66.0 Å². The summed E-state index contributed by atoms with van der Waals surface area (Å²) in [5.74, 6) is 0.857. The Kier molecular flexibility index (Phi) is 6.67. The molecule has 0 aromatic carbocycles. The largest absolute Gasteiger partial charge is 0.354 e. The zero-order valence-electron chi connectivity index (χ0n) is 16.7. The summed E-state index contributed by atoms with van der Waals surface area (Å²) >= 11 is 0. The number of hydrogen-bond donors (Lipinski definition) is 0. The highest BCUT2D eigenvalue weighted by Crippen LogP contribution is 2.18. The van der Waals surface area contributed by atoms with E-state index >= 15 is 0 Å². The van der Waals surface area contributed by atoms with Gasteiger partial charge in [-0.25, -0.2) is 4.79 Å². The van der Waals surface area contributed by atoms with Gasteiger partial charge in [0.15, 0.2) is 0 Å². The van der Waals surface area contributed by atoms with Crippen LogP contribution in [-0.4, -0.2) is 46.1 Å². The average molecular weight is 364 g/mol. The molecule has 1 fully saturated rings. The minimum absolute atomic E-state index is 0.0488. The number of unbranched alkanes of at least 4 members (excludes halogenated alkanes) is 1. The van der Waals surface area contributed by atoms with E-state index in [0.29, 0.717) is 38.4 Å². The molecule has 1 aromatic heterocycles. The van der Waals surface area contributed by atoms with Crippen LogP contribution in [-0.2, 0) is 4.79 Å². The first-order chi connectivity index (χ1) is 12.3. The molecule has 26 heavy (non-hydrogen) atoms. The molecular weight excluding hydrogens is 332 g/mol. The monoisotopic (exact) mass is 364 g/mol. The second-order valence-electron chi connectivity index (χ2n) is 7.52. The van der Waals surface area contributed by atoms with Crippen LogP contribution in [0, 0.1) is 0 Å². The first-order valence-corrected chi connectivity index (χ1v) is 9.68. The summed E-state index contributed by atoms with van der Waals surface area (Å²) in [6.07, 6.45) is 2.52. The summed E-state index contributed by atoms with van der Waals surface area (Å²) in [7, 11) is 0. The normalized spacial score (nSPS) is 15.2. The molecular formula is C19H32N4O3. The summed E-state index contributed by atoms with van der Waals surface area (Å²) in [6.45, 7) is 12.2. The van der Waals surface area contributed by atoms with Crippen LogP contribution in [0.2, 0.25) is 0 Å². The van der Waals surface area contributed by atoms with E-state index in [2.05, 4.69) is 11.8 Å². The van der Waals surface area contributed by atoms with E-state index in [9.17, 15) is 14.4 Å². The van der Waals surface area contributed by atoms with Gasteiger partial charge < -0.3 is 9.80 Å². The lowest BCUT2D eigenvalue weighted by atomic mass is 10.2. The summed E-state index contributed by atoms with van der Waals surface area (Å²) < 4.78 is 2.99. The van der Waals surface area contributed by atoms with Crippen molar-refractivity contribution in [3.05, 3.63) is 26.9 Å². The first-order valence-electron chi connectivity index (χ1n) is 9.68. The highest BCUT2D eigenvalue weighted by atomic mass is 16.2. The molecule has 1 aromatic rings. The molecule has 0 spiro atoms. The summed E-state index contributed by atoms with van der Waals surface area (Å²) in [5, 5.41) is 0. The van der Waals surface area contributed by atoms with E-state index in [4.69, 9.17) is 0 Å². The maximum absolute atomic E-state index is 12.9. The van der Waals surface area contributed by atoms with Crippen LogP contribution in [0.3, 0.4) is 0 Å². The fourth-order valence-electron chi connectivity index (χ4n) is 3.43. The van der Waals surface area contributed by atoms with Crippen molar-refractivity contribution in [3.63, 3.8) is 0 Å². The minimum atomic E-state index is -0.265. The lowest BCUT2D eigenvalue weighted by Gasteiger charge is -2.37. The van der Waals surface area contributed by atoms with Crippen molar-refractivity contribution in [2.24, 2.45) is 0 Å². The smallest absolute Gasteiger partial charge is 0.333 e. The van der Waals surface area contributed by atoms with Crippen molar-refractivity contribution in [1.82, 2.24) is 14.0 Å². The highest BCUT2D eigenvalue weighted by molar-refractivity contribution is 5.76. The number of carbonyl (C=O) groups is 1. The number of hydrogen-bond acceptors (Lipinski definition) is 4. The van der Waals surface area contributed by atoms with Crippen molar-refractivity contribution >= 4 is 11.7 Å². The topological polar surface area (TPSA) is 67.6 Å². The Morgan fingerprint density at radius 3 is 2.08 bits per heavy atom. The van der Waals surface area contributed by atoms with Crippen molar-refractivity contribution in [3.8, 4) is 0 Å². The van der Waals surface area contributed by atoms with Gasteiger partial charge in [-0.1, -0.05) is 13.3 Å². The summed E-state index contributed by atoms with van der Waals surface area (Å²) in [4.78, 5) is 41.5. The Morgan fingerprint density at radius 1 is 1.00 bits per heavy atom. The van der Waals surface area contributed by atoms with Gasteiger partial charge in [0.2, 0.25) is 5.91 Å². The third kappa shape index (κ3) is 4.19. The van der Waals surface area contributed by atoms with Crippen LogP contribution >= 0.6 is 0 Å². The van der Waals surface area contributed by atoms with Gasteiger partial charge in [0, 0.05) is 50.7 Å². The molecule has 0 bridgehead atoms. The number of rotatable bonds is 6. The molecule has 0 atom stereocenters. The third-order valence-electron chi connectivity index (χ3n) is 4.88. The second-order valence-corrected chi connectivity index (χ2v) is 7.52. The van der Waals surface area contributed by atoms with E-state index in [1.165, 1.54) is 4.57 Å². The number of anilines is 1. The number of piperazine rings is 1. The predicted molar refractivity (Wildman–Crippen MR) is 104 cm³/mol. The van der Waals surface area contributed by atoms with Gasteiger partial charge in [-0.2, -0.15) is 0 Å². The summed E-state index contributed by atoms with van der Waals surface area (Å²) in [5.41, 5.74) is -0.530. The molecule has 1 saturated heterocycles. The first kappa shape index (κ1) is 20.3. The lowest BCUT2D eigenvalue weighted by molar-refractivity contribution is -0.131. The molecule has 146 valence electrons. The van der Waals surface area contributed by atoms with Crippen molar-refractivity contribution < 1.29 is 4.79 Å². The minimum Gasteiger partial charge on any atom is -0.354 e. The van der Waals surface area contributed by atoms with E-state index in [1.807, 2.05) is 32.6 Å². The van der Waals surface area contributed by atoms with Crippen LogP contribution in [0.5, 0.6) is 0 Å². The fourth-order valence-corrected chi connectivity index (χ4v) is 3.43. The average Bonchev–Trinajstić information content (AvgIpc) is 2.58. The van der Waals surface area contributed by atoms with E-state index in [-0.39, 0.29) is 29.2 Å². The van der Waals surface area contributed by atoms with Gasteiger partial charge in [0.1, 0.15) is 5.82 Å². The number of amides is 1. The molecule has 0 radical (unpaired) electrons. The molecule has 1 amide bonds. The molecule has 0 unspecified atom stereocenters. The molecule has 1 aliphatic heterocycles. The fraction of sp³-hybridized carbons (Fsp3) is 0.737. The molecule has 0 N–H and O–H groups in total. The second kappa shape index (κ2) is 8.56. The third-order valence-corrected chi connectivity index (χ3v) is 4.88. The van der Waals surface area contributed by atoms with Gasteiger partial charge in [0.05, 0.1) is 0 Å². The van der Waals surface area contributed by atoms with E-state index < -0.39 is 0 Å². The number of carbonyl (C=O) groups excluding carboxylic acids is 1. The zero-order chi connectivity index (χ0) is 19.4. The van der Waals surface area contributed by atoms with Crippen LogP contribution in [0.15, 0.2) is 15.7 Å². The summed E-state index contributed by atoms with van der Waals surface area (Å²) in [6, 6.07) is 1.34. The molecule has 2 heterocycles. The van der Waals surface area contributed by atoms with Crippen LogP contribution in [0.25, 0.3) is 0 Å². The molecule has 0 saturated carbocycles. The van der Waals surface area contributed by atoms with Gasteiger partial charge in [0.25, 0.3) is 5.56 Å². The van der Waals surface area contributed by atoms with Gasteiger partial charge in [-0.3, -0.25) is 18.7 Å². The Hall–Kier alpha value is -2.05. The molecule has 2 rings (SSSR count). The Bertz CT molecular complexity index is 740. The quantitative estimate of drug-likeness (QED) is 0.774. The van der Waals surface area contributed by atoms with Gasteiger partial charge >= 0.3 is 5.69 Å². The standard InChI is InChI=1S/C19H32N4O3/c1-6-7-8-17(24)21-11-9-20(10-12-21)16-13-18(25)23(15(4)5)19(26)22(16)14(2)3/h13-15H,6-12H2,1-5H3. The Labute approximate surface area is 155 Å². The van der Waals surface area contributed by atoms with Crippen molar-refractivity contribution in [2.75, 3.05) is 31.1 Å². The number of aromatic nitrogens is 2. The zero-order valence-corrected chi connectivity index (χ0v) is 16.7. The Balaban J connectivity index is 2.26. The Morgan fingerprint density at radius 2 is 1.58 bits per heavy atom. The molecule has 0 aliphatic carbocycles. The van der Waals surface area contributed by atoms with Crippen LogP contribution in [0.1, 0.15) is 66.0 Å². The van der Waals surface area contributed by atoms with Crippen molar-refractivity contribution in [1.29, 1.82) is 0 Å².